The average molecular weight is 308 g/mol. The molecule has 1 aromatic carbocycles. The van der Waals surface area contributed by atoms with Gasteiger partial charge in [-0.3, -0.25) is 0 Å². The summed E-state index contributed by atoms with van der Waals surface area (Å²) in [7, 11) is -2.00. The molecule has 21 heavy (non-hydrogen) atoms. The van der Waals surface area contributed by atoms with Crippen LogP contribution in [-0.2, 0) is 9.84 Å². The van der Waals surface area contributed by atoms with Crippen LogP contribution < -0.4 is 0 Å². The molecule has 0 N–H and O–H groups in total. The standard InChI is InChI=1S/C19H35OSi/c1-15(2)16-12-10-11-13-17(16)19(6,7)14-20-21(8,9)18(3,4)5/h10-13,15,21H,14H2,1-9H3/q-1. The van der Waals surface area contributed by atoms with Crippen LogP contribution >= 0.6 is 0 Å². The molecule has 0 amide bonds. The summed E-state index contributed by atoms with van der Waals surface area (Å²) >= 11 is 0. The first-order chi connectivity index (χ1) is 9.38. The van der Waals surface area contributed by atoms with Crippen molar-refractivity contribution in [1.29, 1.82) is 0 Å². The van der Waals surface area contributed by atoms with E-state index in [0.717, 1.165) is 6.61 Å². The Labute approximate surface area is 133 Å². The summed E-state index contributed by atoms with van der Waals surface area (Å²) in [4.78, 5) is 0. The summed E-state index contributed by atoms with van der Waals surface area (Å²) in [5, 5.41) is 0.292. The predicted octanol–water partition coefficient (Wildman–Crippen LogP) is 5.84. The molecule has 1 rings (SSSR count). The van der Waals surface area contributed by atoms with Crippen LogP contribution in [0.4, 0.5) is 0 Å². The number of hydrogen-bond donors (Lipinski definition) is 0. The van der Waals surface area contributed by atoms with Gasteiger partial charge in [0.2, 0.25) is 0 Å². The molecule has 0 fully saturated rings. The zero-order valence-corrected chi connectivity index (χ0v) is 16.7. The molecule has 0 saturated heterocycles. The van der Waals surface area contributed by atoms with E-state index in [-0.39, 0.29) is 5.41 Å². The average Bonchev–Trinajstić information content (AvgIpc) is 2.35. The van der Waals surface area contributed by atoms with E-state index < -0.39 is 8.32 Å². The van der Waals surface area contributed by atoms with Crippen LogP contribution in [0.15, 0.2) is 24.3 Å². The Morgan fingerprint density at radius 1 is 1.00 bits per heavy atom. The van der Waals surface area contributed by atoms with E-state index in [9.17, 15) is 0 Å². The van der Waals surface area contributed by atoms with E-state index in [0.29, 0.717) is 11.0 Å². The fourth-order valence-electron chi connectivity index (χ4n) is 2.36. The van der Waals surface area contributed by atoms with Gasteiger partial charge in [0, 0.05) is 0 Å². The Morgan fingerprint density at radius 3 is 2.00 bits per heavy atom. The summed E-state index contributed by atoms with van der Waals surface area (Å²) in [6, 6.07) is 8.83. The zero-order valence-electron chi connectivity index (χ0n) is 15.6. The van der Waals surface area contributed by atoms with Crippen LogP contribution in [-0.4, -0.2) is 14.9 Å². The maximum absolute atomic E-state index is 6.51. The topological polar surface area (TPSA) is 9.23 Å². The fraction of sp³-hybridized carbons (Fsp3) is 0.684. The Morgan fingerprint density at radius 2 is 1.52 bits per heavy atom. The molecule has 0 aliphatic heterocycles. The molecule has 0 saturated carbocycles. The first-order valence-corrected chi connectivity index (χ1v) is 11.7. The van der Waals surface area contributed by atoms with Gasteiger partial charge in [-0.25, -0.2) is 0 Å². The third-order valence-corrected chi connectivity index (χ3v) is 10.4. The Kier molecular flexibility index (Phi) is 5.49. The van der Waals surface area contributed by atoms with Crippen LogP contribution in [0.3, 0.4) is 0 Å². The van der Waals surface area contributed by atoms with Crippen LogP contribution in [0.2, 0.25) is 18.1 Å². The number of hydrogen-bond acceptors (Lipinski definition) is 1. The molecule has 0 spiro atoms. The van der Waals surface area contributed by atoms with Gasteiger partial charge in [0.15, 0.2) is 0 Å². The minimum atomic E-state index is -2.00. The molecule has 122 valence electrons. The number of benzene rings is 1. The summed E-state index contributed by atoms with van der Waals surface area (Å²) < 4.78 is 6.51. The van der Waals surface area contributed by atoms with Crippen molar-refractivity contribution in [2.24, 2.45) is 0 Å². The van der Waals surface area contributed by atoms with Gasteiger partial charge in [0.05, 0.1) is 0 Å². The fourth-order valence-corrected chi connectivity index (χ4v) is 3.69. The van der Waals surface area contributed by atoms with Crippen molar-refractivity contribution in [3.63, 3.8) is 0 Å². The maximum atomic E-state index is 6.51. The summed E-state index contributed by atoms with van der Waals surface area (Å²) in [5.41, 5.74) is 2.94. The van der Waals surface area contributed by atoms with Gasteiger partial charge < -0.3 is 0 Å². The van der Waals surface area contributed by atoms with E-state index in [1.807, 2.05) is 0 Å². The van der Waals surface area contributed by atoms with Gasteiger partial charge in [-0.2, -0.15) is 0 Å². The molecule has 0 unspecified atom stereocenters. The van der Waals surface area contributed by atoms with Crippen molar-refractivity contribution in [3.05, 3.63) is 35.4 Å². The van der Waals surface area contributed by atoms with Crippen molar-refractivity contribution >= 4 is 8.32 Å². The Hall–Kier alpha value is -0.603. The molecule has 0 bridgehead atoms. The van der Waals surface area contributed by atoms with Crippen molar-refractivity contribution < 1.29 is 4.43 Å². The van der Waals surface area contributed by atoms with E-state index in [1.165, 1.54) is 11.1 Å². The second-order valence-corrected chi connectivity index (χ2v) is 14.6. The zero-order chi connectivity index (χ0) is 16.5. The van der Waals surface area contributed by atoms with E-state index in [1.54, 1.807) is 0 Å². The molecule has 2 heteroatoms. The molecule has 0 aromatic heterocycles. The Bertz CT molecular complexity index is 467. The molecule has 0 atom stereocenters. The van der Waals surface area contributed by atoms with Crippen LogP contribution in [0, 0.1) is 0 Å². The van der Waals surface area contributed by atoms with E-state index in [4.69, 9.17) is 4.43 Å². The molecular weight excluding hydrogens is 272 g/mol. The third-order valence-electron chi connectivity index (χ3n) is 5.26. The van der Waals surface area contributed by atoms with Crippen molar-refractivity contribution in [2.75, 3.05) is 6.61 Å². The monoisotopic (exact) mass is 307 g/mol. The molecule has 0 heterocycles. The number of rotatable bonds is 5. The minimum absolute atomic E-state index is 0.0589. The molecule has 0 aliphatic rings. The van der Waals surface area contributed by atoms with Crippen LogP contribution in [0.1, 0.15) is 65.5 Å². The van der Waals surface area contributed by atoms with Crippen molar-refractivity contribution in [3.8, 4) is 0 Å². The predicted molar refractivity (Wildman–Crippen MR) is 98.1 cm³/mol. The van der Waals surface area contributed by atoms with Gasteiger partial charge >= 0.3 is 133 Å². The molecule has 1 aromatic rings. The van der Waals surface area contributed by atoms with Gasteiger partial charge in [-0.1, -0.05) is 0 Å². The summed E-state index contributed by atoms with van der Waals surface area (Å²) in [6.45, 7) is 21.6. The van der Waals surface area contributed by atoms with Crippen molar-refractivity contribution in [2.45, 2.75) is 77.9 Å². The molecule has 1 nitrogen and oxygen atoms in total. The second kappa shape index (κ2) is 6.25. The Balaban J connectivity index is 2.98. The molecule has 0 radical (unpaired) electrons. The molecular formula is C19H35OSi-. The first-order valence-electron chi connectivity index (χ1n) is 8.34. The quantitative estimate of drug-likeness (QED) is 0.621. The second-order valence-electron chi connectivity index (χ2n) is 9.05. The van der Waals surface area contributed by atoms with Crippen LogP contribution in [0.25, 0.3) is 0 Å². The molecule has 0 aliphatic carbocycles. The first kappa shape index (κ1) is 18.4. The normalized spacial score (nSPS) is 14.6. The third kappa shape index (κ3) is 4.43. The summed E-state index contributed by atoms with van der Waals surface area (Å²) in [5.74, 6) is 0.552. The van der Waals surface area contributed by atoms with Crippen molar-refractivity contribution in [1.82, 2.24) is 0 Å². The van der Waals surface area contributed by atoms with Gasteiger partial charge in [0.1, 0.15) is 0 Å². The van der Waals surface area contributed by atoms with Crippen LogP contribution in [0.5, 0.6) is 0 Å². The van der Waals surface area contributed by atoms with E-state index >= 15 is 0 Å². The van der Waals surface area contributed by atoms with Gasteiger partial charge in [0.25, 0.3) is 0 Å². The van der Waals surface area contributed by atoms with Gasteiger partial charge in [-0.15, -0.1) is 0 Å². The summed E-state index contributed by atoms with van der Waals surface area (Å²) in [6.07, 6.45) is 0. The van der Waals surface area contributed by atoms with E-state index in [2.05, 4.69) is 85.8 Å². The SMILES string of the molecule is CC(C)c1ccccc1C(C)(C)CO[SiH-](C)(C)C(C)(C)C. The van der Waals surface area contributed by atoms with Gasteiger partial charge in [-0.05, 0) is 0 Å².